The topological polar surface area (TPSA) is 44.8 Å². The Bertz CT molecular complexity index is 864. The molecule has 0 aliphatic heterocycles. The van der Waals surface area contributed by atoms with Gasteiger partial charge in [-0.2, -0.15) is 0 Å². The molecule has 3 aromatic carbocycles. The lowest BCUT2D eigenvalue weighted by Gasteiger charge is -2.08. The van der Waals surface area contributed by atoms with Crippen molar-refractivity contribution in [3.63, 3.8) is 0 Å². The van der Waals surface area contributed by atoms with Crippen LogP contribution < -0.4 is 9.47 Å². The Morgan fingerprint density at radius 1 is 0.862 bits per heavy atom. The van der Waals surface area contributed by atoms with Crippen LogP contribution in [0, 0.1) is 12.7 Å². The van der Waals surface area contributed by atoms with Crippen molar-refractivity contribution in [1.29, 1.82) is 0 Å². The molecule has 0 unspecified atom stereocenters. The molecule has 0 spiro atoms. The third-order valence-corrected chi connectivity index (χ3v) is 3.86. The van der Waals surface area contributed by atoms with Crippen LogP contribution in [0.3, 0.4) is 0 Å². The molecule has 0 amide bonds. The van der Waals surface area contributed by atoms with Crippen LogP contribution in [-0.4, -0.2) is 19.7 Å². The number of carbonyl (C=O) groups is 1. The van der Waals surface area contributed by atoms with Gasteiger partial charge in [-0.05, 0) is 48.9 Å². The fourth-order valence-electron chi connectivity index (χ4n) is 2.31. The van der Waals surface area contributed by atoms with Gasteiger partial charge in [-0.3, -0.25) is 4.79 Å². The van der Waals surface area contributed by atoms with Crippen molar-refractivity contribution < 1.29 is 23.4 Å². The summed E-state index contributed by atoms with van der Waals surface area (Å²) in [5.41, 5.74) is 2.08. The smallest absolute Gasteiger partial charge is 0.308 e. The van der Waals surface area contributed by atoms with Gasteiger partial charge in [0.25, 0.3) is 0 Å². The molecule has 4 nitrogen and oxygen atoms in total. The molecule has 0 N–H and O–H groups in total. The highest BCUT2D eigenvalue weighted by Gasteiger charge is 2.02. The van der Waals surface area contributed by atoms with Gasteiger partial charge >= 0.3 is 5.97 Å². The molecular weight excluding hydrogens is 371 g/mol. The van der Waals surface area contributed by atoms with Gasteiger partial charge in [0.1, 0.15) is 23.9 Å². The number of ether oxygens (including phenoxy) is 3. The summed E-state index contributed by atoms with van der Waals surface area (Å²) >= 11 is 0. The predicted molar refractivity (Wildman–Crippen MR) is 110 cm³/mol. The number of benzene rings is 3. The molecule has 0 aliphatic carbocycles. The normalized spacial score (nSPS) is 9.76. The van der Waals surface area contributed by atoms with E-state index in [1.54, 1.807) is 36.4 Å². The second-order valence-electron chi connectivity index (χ2n) is 6.22. The van der Waals surface area contributed by atoms with E-state index in [9.17, 15) is 9.18 Å². The van der Waals surface area contributed by atoms with Gasteiger partial charge in [-0.15, -0.1) is 0 Å². The first kappa shape index (κ1) is 22.0. The van der Waals surface area contributed by atoms with Crippen LogP contribution in [0.2, 0.25) is 0 Å². The second kappa shape index (κ2) is 12.2. The fraction of sp³-hybridized carbons (Fsp3) is 0.208. The molecule has 152 valence electrons. The van der Waals surface area contributed by atoms with E-state index in [1.807, 2.05) is 18.2 Å². The Morgan fingerprint density at radius 3 is 2.07 bits per heavy atom. The number of rotatable bonds is 7. The lowest BCUT2D eigenvalue weighted by atomic mass is 10.2. The Hall–Kier alpha value is -3.34. The van der Waals surface area contributed by atoms with E-state index >= 15 is 0 Å². The van der Waals surface area contributed by atoms with Crippen LogP contribution in [0.5, 0.6) is 11.5 Å². The highest BCUT2D eigenvalue weighted by atomic mass is 19.1. The summed E-state index contributed by atoms with van der Waals surface area (Å²) in [7, 11) is 1.34. The molecule has 0 saturated carbocycles. The SMILES string of the molecule is COC(=O)CCOc1ccc(OCc2cccc(F)c2)cc1.Cc1ccccc1. The van der Waals surface area contributed by atoms with Crippen molar-refractivity contribution in [3.8, 4) is 11.5 Å². The van der Waals surface area contributed by atoms with Gasteiger partial charge in [0, 0.05) is 0 Å². The Kier molecular flexibility index (Phi) is 9.22. The maximum atomic E-state index is 13.0. The molecule has 0 fully saturated rings. The van der Waals surface area contributed by atoms with E-state index in [4.69, 9.17) is 9.47 Å². The van der Waals surface area contributed by atoms with E-state index in [-0.39, 0.29) is 24.8 Å². The van der Waals surface area contributed by atoms with Crippen molar-refractivity contribution in [2.45, 2.75) is 20.0 Å². The number of hydrogen-bond donors (Lipinski definition) is 0. The zero-order chi connectivity index (χ0) is 20.9. The highest BCUT2D eigenvalue weighted by Crippen LogP contribution is 2.19. The molecule has 0 aliphatic rings. The number of esters is 1. The van der Waals surface area contributed by atoms with Crippen molar-refractivity contribution in [1.82, 2.24) is 0 Å². The lowest BCUT2D eigenvalue weighted by molar-refractivity contribution is -0.141. The van der Waals surface area contributed by atoms with Crippen molar-refractivity contribution >= 4 is 5.97 Å². The zero-order valence-corrected chi connectivity index (χ0v) is 16.6. The van der Waals surface area contributed by atoms with Gasteiger partial charge in [0.15, 0.2) is 0 Å². The first-order valence-corrected chi connectivity index (χ1v) is 9.25. The molecule has 3 aromatic rings. The van der Waals surface area contributed by atoms with Crippen LogP contribution in [-0.2, 0) is 16.1 Å². The third-order valence-electron chi connectivity index (χ3n) is 3.86. The van der Waals surface area contributed by atoms with Gasteiger partial charge in [-0.25, -0.2) is 4.39 Å². The first-order valence-electron chi connectivity index (χ1n) is 9.25. The van der Waals surface area contributed by atoms with Crippen LogP contribution >= 0.6 is 0 Å². The monoisotopic (exact) mass is 396 g/mol. The number of halogens is 1. The van der Waals surface area contributed by atoms with Crippen LogP contribution in [0.4, 0.5) is 4.39 Å². The van der Waals surface area contributed by atoms with Crippen molar-refractivity contribution in [3.05, 3.63) is 95.8 Å². The number of carbonyl (C=O) groups excluding carboxylic acids is 1. The third kappa shape index (κ3) is 8.93. The van der Waals surface area contributed by atoms with Gasteiger partial charge in [-0.1, -0.05) is 48.0 Å². The number of aryl methyl sites for hydroxylation is 1. The molecule has 29 heavy (non-hydrogen) atoms. The van der Waals surface area contributed by atoms with E-state index in [0.29, 0.717) is 18.1 Å². The molecule has 0 atom stereocenters. The minimum absolute atomic E-state index is 0.203. The molecule has 0 aromatic heterocycles. The summed E-state index contributed by atoms with van der Waals surface area (Å²) in [4.78, 5) is 11.0. The lowest BCUT2D eigenvalue weighted by Crippen LogP contribution is -2.07. The van der Waals surface area contributed by atoms with E-state index in [1.165, 1.54) is 24.8 Å². The van der Waals surface area contributed by atoms with Gasteiger partial charge < -0.3 is 14.2 Å². The summed E-state index contributed by atoms with van der Waals surface area (Å²) in [5.74, 6) is 0.706. The second-order valence-corrected chi connectivity index (χ2v) is 6.22. The maximum Gasteiger partial charge on any atom is 0.308 e. The van der Waals surface area contributed by atoms with Crippen LogP contribution in [0.1, 0.15) is 17.5 Å². The fourth-order valence-corrected chi connectivity index (χ4v) is 2.31. The van der Waals surface area contributed by atoms with Crippen molar-refractivity contribution in [2.75, 3.05) is 13.7 Å². The summed E-state index contributed by atoms with van der Waals surface area (Å²) in [6.45, 7) is 2.64. The first-order chi connectivity index (χ1) is 14.1. The summed E-state index contributed by atoms with van der Waals surface area (Å²) < 4.78 is 28.5. The van der Waals surface area contributed by atoms with E-state index in [2.05, 4.69) is 23.8 Å². The number of hydrogen-bond acceptors (Lipinski definition) is 4. The quantitative estimate of drug-likeness (QED) is 0.506. The minimum Gasteiger partial charge on any atom is -0.493 e. The van der Waals surface area contributed by atoms with Gasteiger partial charge in [0.05, 0.1) is 20.1 Å². The summed E-state index contributed by atoms with van der Waals surface area (Å²) in [5, 5.41) is 0. The minimum atomic E-state index is -0.310. The largest absolute Gasteiger partial charge is 0.493 e. The Labute approximate surface area is 170 Å². The van der Waals surface area contributed by atoms with Crippen LogP contribution in [0.15, 0.2) is 78.9 Å². The van der Waals surface area contributed by atoms with Gasteiger partial charge in [0.2, 0.25) is 0 Å². The highest BCUT2D eigenvalue weighted by molar-refractivity contribution is 5.69. The zero-order valence-electron chi connectivity index (χ0n) is 16.6. The van der Waals surface area contributed by atoms with E-state index in [0.717, 1.165) is 5.56 Å². The molecule has 0 bridgehead atoms. The predicted octanol–water partition coefficient (Wildman–Crippen LogP) is 5.34. The molecule has 0 saturated heterocycles. The van der Waals surface area contributed by atoms with Crippen molar-refractivity contribution in [2.24, 2.45) is 0 Å². The summed E-state index contributed by atoms with van der Waals surface area (Å²) in [6, 6.07) is 23.5. The molecule has 3 rings (SSSR count). The molecular formula is C24H25FO4. The van der Waals surface area contributed by atoms with Crippen LogP contribution in [0.25, 0.3) is 0 Å². The standard InChI is InChI=1S/C17H17FO4.C7H8/c1-20-17(19)9-10-21-15-5-7-16(8-6-15)22-12-13-3-2-4-14(18)11-13;1-7-5-3-2-4-6-7/h2-8,11H,9-10,12H2,1H3;2-6H,1H3. The Balaban J connectivity index is 0.000000360. The maximum absolute atomic E-state index is 13.0. The molecule has 0 radical (unpaired) electrons. The molecule has 0 heterocycles. The van der Waals surface area contributed by atoms with E-state index < -0.39 is 0 Å². The average molecular weight is 396 g/mol. The Morgan fingerprint density at radius 2 is 1.52 bits per heavy atom. The molecule has 5 heteroatoms. The number of methoxy groups -OCH3 is 1. The average Bonchev–Trinajstić information content (AvgIpc) is 2.74. The summed E-state index contributed by atoms with van der Waals surface area (Å²) in [6.07, 6.45) is 0.203.